The molecule has 2 aromatic heterocycles. The number of amides is 2. The number of hydrogen-bond acceptors (Lipinski definition) is 6. The van der Waals surface area contributed by atoms with Crippen LogP contribution in [0.4, 0.5) is 0 Å². The van der Waals surface area contributed by atoms with Crippen molar-refractivity contribution in [3.63, 3.8) is 0 Å². The van der Waals surface area contributed by atoms with Gasteiger partial charge in [-0.3, -0.25) is 14.6 Å². The Balaban J connectivity index is 1.39. The van der Waals surface area contributed by atoms with Crippen LogP contribution in [0.25, 0.3) is 11.4 Å². The Morgan fingerprint density at radius 2 is 1.84 bits per heavy atom. The number of pyridine rings is 1. The Hall–Kier alpha value is -3.55. The first-order valence-electron chi connectivity index (χ1n) is 11.1. The van der Waals surface area contributed by atoms with Crippen molar-refractivity contribution in [1.82, 2.24) is 25.3 Å². The van der Waals surface area contributed by atoms with E-state index in [1.807, 2.05) is 35.2 Å². The minimum absolute atomic E-state index is 0.161. The van der Waals surface area contributed by atoms with Crippen molar-refractivity contribution in [3.8, 4) is 11.4 Å². The third-order valence-corrected chi connectivity index (χ3v) is 6.36. The lowest BCUT2D eigenvalue weighted by Gasteiger charge is -2.20. The monoisotopic (exact) mass is 431 g/mol. The molecule has 0 bridgehead atoms. The van der Waals surface area contributed by atoms with Gasteiger partial charge in [0.05, 0.1) is 11.5 Å². The maximum absolute atomic E-state index is 13.1. The highest BCUT2D eigenvalue weighted by Gasteiger charge is 2.43. The molecule has 1 aliphatic carbocycles. The molecule has 1 aromatic carbocycles. The van der Waals surface area contributed by atoms with Crippen molar-refractivity contribution >= 4 is 11.8 Å². The summed E-state index contributed by atoms with van der Waals surface area (Å²) in [6, 6.07) is 12.8. The number of nitrogens with zero attached hydrogens (tertiary/aromatic N) is 4. The van der Waals surface area contributed by atoms with Crippen LogP contribution in [0.15, 0.2) is 59.4 Å². The SMILES string of the molecule is O=C(N[C@H]1C[C@H](C(=O)N2CCCC2)C[C@H]1c1nc(-c2ccccc2)no1)c1cccnc1. The summed E-state index contributed by atoms with van der Waals surface area (Å²) in [5.74, 6) is 0.504. The van der Waals surface area contributed by atoms with Gasteiger partial charge in [-0.15, -0.1) is 0 Å². The summed E-state index contributed by atoms with van der Waals surface area (Å²) in [7, 11) is 0. The van der Waals surface area contributed by atoms with Gasteiger partial charge in [0.2, 0.25) is 17.6 Å². The number of carbonyl (C=O) groups excluding carboxylic acids is 2. The molecular formula is C24H25N5O3. The third kappa shape index (κ3) is 4.12. The molecule has 1 saturated heterocycles. The molecular weight excluding hydrogens is 406 g/mol. The largest absolute Gasteiger partial charge is 0.348 e. The van der Waals surface area contributed by atoms with Crippen LogP contribution < -0.4 is 5.32 Å². The average Bonchev–Trinajstić information content (AvgIpc) is 3.60. The fourth-order valence-corrected chi connectivity index (χ4v) is 4.71. The number of likely N-dealkylation sites (tertiary alicyclic amines) is 1. The van der Waals surface area contributed by atoms with E-state index in [0.717, 1.165) is 31.5 Å². The van der Waals surface area contributed by atoms with Crippen LogP contribution in [0, 0.1) is 5.92 Å². The van der Waals surface area contributed by atoms with Gasteiger partial charge in [-0.05, 0) is 37.8 Å². The molecule has 32 heavy (non-hydrogen) atoms. The Morgan fingerprint density at radius 1 is 1.03 bits per heavy atom. The molecule has 164 valence electrons. The van der Waals surface area contributed by atoms with Crippen LogP contribution in [0.3, 0.4) is 0 Å². The van der Waals surface area contributed by atoms with Crippen molar-refractivity contribution in [2.45, 2.75) is 37.6 Å². The number of rotatable bonds is 5. The molecule has 3 aromatic rings. The van der Waals surface area contributed by atoms with Crippen molar-refractivity contribution < 1.29 is 14.1 Å². The molecule has 0 spiro atoms. The van der Waals surface area contributed by atoms with Gasteiger partial charge in [0.1, 0.15) is 0 Å². The number of hydrogen-bond donors (Lipinski definition) is 1. The summed E-state index contributed by atoms with van der Waals surface area (Å²) in [4.78, 5) is 36.5. The first-order valence-corrected chi connectivity index (χ1v) is 11.1. The summed E-state index contributed by atoms with van der Waals surface area (Å²) in [6.07, 6.45) is 6.38. The average molecular weight is 431 g/mol. The molecule has 1 aliphatic heterocycles. The fourth-order valence-electron chi connectivity index (χ4n) is 4.71. The van der Waals surface area contributed by atoms with Crippen molar-refractivity contribution in [2.24, 2.45) is 5.92 Å². The zero-order valence-electron chi connectivity index (χ0n) is 17.7. The first-order chi connectivity index (χ1) is 15.7. The van der Waals surface area contributed by atoms with E-state index in [9.17, 15) is 9.59 Å². The van der Waals surface area contributed by atoms with E-state index < -0.39 is 0 Å². The van der Waals surface area contributed by atoms with E-state index in [1.54, 1.807) is 18.3 Å². The van der Waals surface area contributed by atoms with Gasteiger partial charge in [0.15, 0.2) is 0 Å². The Morgan fingerprint density at radius 3 is 2.59 bits per heavy atom. The van der Waals surface area contributed by atoms with Crippen molar-refractivity contribution in [3.05, 3.63) is 66.3 Å². The molecule has 5 rings (SSSR count). The molecule has 3 atom stereocenters. The van der Waals surface area contributed by atoms with E-state index in [4.69, 9.17) is 4.52 Å². The van der Waals surface area contributed by atoms with Crippen molar-refractivity contribution in [1.29, 1.82) is 0 Å². The van der Waals surface area contributed by atoms with Gasteiger partial charge in [0, 0.05) is 43.0 Å². The molecule has 2 amide bonds. The standard InChI is InChI=1S/C24H25N5O3/c30-22(17-9-6-10-25-15-17)26-20-14-18(24(31)29-11-4-5-12-29)13-19(20)23-27-21(28-32-23)16-7-2-1-3-8-16/h1-3,6-10,15,18-20H,4-5,11-14H2,(H,26,30)/t18-,19-,20+/m1/s1. The van der Waals surface area contributed by atoms with Gasteiger partial charge >= 0.3 is 0 Å². The van der Waals surface area contributed by atoms with Gasteiger partial charge in [-0.1, -0.05) is 35.5 Å². The van der Waals surface area contributed by atoms with Crippen LogP contribution in [0.2, 0.25) is 0 Å². The first kappa shape index (κ1) is 20.4. The highest BCUT2D eigenvalue weighted by Crippen LogP contribution is 2.40. The minimum Gasteiger partial charge on any atom is -0.348 e. The van der Waals surface area contributed by atoms with E-state index in [0.29, 0.717) is 30.1 Å². The Bertz CT molecular complexity index is 1080. The summed E-state index contributed by atoms with van der Waals surface area (Å²) < 4.78 is 5.62. The van der Waals surface area contributed by atoms with Crippen LogP contribution in [0.1, 0.15) is 47.8 Å². The van der Waals surface area contributed by atoms with Gasteiger partial charge in [-0.25, -0.2) is 0 Å². The molecule has 0 unspecified atom stereocenters. The lowest BCUT2D eigenvalue weighted by molar-refractivity contribution is -0.134. The zero-order valence-corrected chi connectivity index (χ0v) is 17.7. The molecule has 1 saturated carbocycles. The molecule has 0 radical (unpaired) electrons. The van der Waals surface area contributed by atoms with E-state index >= 15 is 0 Å². The van der Waals surface area contributed by atoms with Gasteiger partial charge < -0.3 is 14.7 Å². The van der Waals surface area contributed by atoms with Crippen LogP contribution in [-0.2, 0) is 4.79 Å². The lowest BCUT2D eigenvalue weighted by Crippen LogP contribution is -2.37. The number of nitrogens with one attached hydrogen (secondary N) is 1. The molecule has 8 heteroatoms. The highest BCUT2D eigenvalue weighted by molar-refractivity contribution is 5.94. The second-order valence-corrected chi connectivity index (χ2v) is 8.45. The van der Waals surface area contributed by atoms with Crippen molar-refractivity contribution in [2.75, 3.05) is 13.1 Å². The second kappa shape index (κ2) is 8.90. The zero-order chi connectivity index (χ0) is 21.9. The predicted octanol–water partition coefficient (Wildman–Crippen LogP) is 3.05. The quantitative estimate of drug-likeness (QED) is 0.666. The normalized spacial score (nSPS) is 22.8. The number of carbonyl (C=O) groups is 2. The van der Waals surface area contributed by atoms with Crippen LogP contribution in [-0.4, -0.2) is 51.0 Å². The Labute approximate surface area is 186 Å². The maximum atomic E-state index is 13.1. The maximum Gasteiger partial charge on any atom is 0.253 e. The van der Waals surface area contributed by atoms with E-state index in [2.05, 4.69) is 20.4 Å². The highest BCUT2D eigenvalue weighted by atomic mass is 16.5. The van der Waals surface area contributed by atoms with E-state index in [1.165, 1.54) is 6.20 Å². The minimum atomic E-state index is -0.275. The molecule has 2 fully saturated rings. The second-order valence-electron chi connectivity index (χ2n) is 8.45. The smallest absolute Gasteiger partial charge is 0.253 e. The third-order valence-electron chi connectivity index (χ3n) is 6.36. The number of benzene rings is 1. The van der Waals surface area contributed by atoms with Crippen LogP contribution in [0.5, 0.6) is 0 Å². The molecule has 1 N–H and O–H groups in total. The van der Waals surface area contributed by atoms with Gasteiger partial charge in [-0.2, -0.15) is 4.98 Å². The number of aromatic nitrogens is 3. The molecule has 3 heterocycles. The summed E-state index contributed by atoms with van der Waals surface area (Å²) >= 11 is 0. The van der Waals surface area contributed by atoms with Crippen LogP contribution >= 0.6 is 0 Å². The Kier molecular flexibility index (Phi) is 5.66. The van der Waals surface area contributed by atoms with E-state index in [-0.39, 0.29) is 29.7 Å². The molecule has 2 aliphatic rings. The fraction of sp³-hybridized carbons (Fsp3) is 0.375. The summed E-state index contributed by atoms with van der Waals surface area (Å²) in [5.41, 5.74) is 1.34. The molecule has 8 nitrogen and oxygen atoms in total. The predicted molar refractivity (Wildman–Crippen MR) is 117 cm³/mol. The summed E-state index contributed by atoms with van der Waals surface area (Å²) in [6.45, 7) is 1.62. The van der Waals surface area contributed by atoms with Gasteiger partial charge in [0.25, 0.3) is 5.91 Å². The lowest BCUT2D eigenvalue weighted by atomic mass is 10.0. The summed E-state index contributed by atoms with van der Waals surface area (Å²) in [5, 5.41) is 7.24. The topological polar surface area (TPSA) is 101 Å².